The first-order chi connectivity index (χ1) is 11.7. The average molecular weight is 334 g/mol. The first-order valence-electron chi connectivity index (χ1n) is 8.59. The maximum absolute atomic E-state index is 11.2. The van der Waals surface area contributed by atoms with Gasteiger partial charge in [0.15, 0.2) is 6.79 Å². The van der Waals surface area contributed by atoms with Crippen LogP contribution in [0.25, 0.3) is 0 Å². The first kappa shape index (κ1) is 15.8. The highest BCUT2D eigenvalue weighted by atomic mass is 16.7. The van der Waals surface area contributed by atoms with E-state index in [4.69, 9.17) is 14.2 Å². The second kappa shape index (κ2) is 6.66. The van der Waals surface area contributed by atoms with Crippen LogP contribution in [-0.2, 0) is 22.6 Å². The Morgan fingerprint density at radius 3 is 3.04 bits per heavy atom. The van der Waals surface area contributed by atoms with Crippen molar-refractivity contribution < 1.29 is 19.1 Å². The van der Waals surface area contributed by atoms with Gasteiger partial charge in [0.05, 0.1) is 24.2 Å². The van der Waals surface area contributed by atoms with E-state index in [0.29, 0.717) is 25.3 Å². The highest BCUT2D eigenvalue weighted by molar-refractivity contribution is 5.50. The molecule has 3 aliphatic rings. The summed E-state index contributed by atoms with van der Waals surface area (Å²) in [6.45, 7) is 2.80. The van der Waals surface area contributed by atoms with Gasteiger partial charge in [0.25, 0.3) is 5.69 Å². The fraction of sp³-hybridized carbons (Fsp3) is 0.647. The molecule has 1 aliphatic carbocycles. The van der Waals surface area contributed by atoms with Gasteiger partial charge in [-0.15, -0.1) is 0 Å². The second-order valence-electron chi connectivity index (χ2n) is 6.69. The Morgan fingerprint density at radius 2 is 2.17 bits per heavy atom. The van der Waals surface area contributed by atoms with Gasteiger partial charge in [-0.25, -0.2) is 0 Å². The van der Waals surface area contributed by atoms with E-state index in [9.17, 15) is 10.1 Å². The highest BCUT2D eigenvalue weighted by Crippen LogP contribution is 2.36. The van der Waals surface area contributed by atoms with Gasteiger partial charge in [0.2, 0.25) is 0 Å². The molecular formula is C17H22N2O5. The molecule has 0 spiro atoms. The van der Waals surface area contributed by atoms with Crippen LogP contribution in [0.2, 0.25) is 0 Å². The maximum Gasteiger partial charge on any atom is 0.270 e. The van der Waals surface area contributed by atoms with Crippen LogP contribution in [0.15, 0.2) is 12.1 Å². The van der Waals surface area contributed by atoms with Crippen LogP contribution >= 0.6 is 0 Å². The van der Waals surface area contributed by atoms with Crippen LogP contribution in [0, 0.1) is 10.1 Å². The Kier molecular flexibility index (Phi) is 4.39. The zero-order valence-electron chi connectivity index (χ0n) is 13.6. The van der Waals surface area contributed by atoms with Crippen LogP contribution in [0.3, 0.4) is 0 Å². The van der Waals surface area contributed by atoms with E-state index >= 15 is 0 Å². The maximum atomic E-state index is 11.2. The van der Waals surface area contributed by atoms with Crippen LogP contribution in [0.4, 0.5) is 5.69 Å². The molecule has 2 fully saturated rings. The summed E-state index contributed by atoms with van der Waals surface area (Å²) >= 11 is 0. The van der Waals surface area contributed by atoms with E-state index in [2.05, 4.69) is 4.90 Å². The molecule has 0 radical (unpaired) electrons. The Labute approximate surface area is 140 Å². The van der Waals surface area contributed by atoms with Gasteiger partial charge < -0.3 is 14.2 Å². The van der Waals surface area contributed by atoms with Crippen molar-refractivity contribution in [2.24, 2.45) is 0 Å². The summed E-state index contributed by atoms with van der Waals surface area (Å²) in [5.74, 6) is 0.755. The number of nitro benzene ring substituents is 1. The number of nitro groups is 1. The van der Waals surface area contributed by atoms with Crippen LogP contribution in [0.1, 0.15) is 36.8 Å². The number of benzene rings is 1. The molecule has 4 rings (SSSR count). The number of nitrogens with zero attached hydrogens (tertiary/aromatic N) is 2. The topological polar surface area (TPSA) is 74.1 Å². The van der Waals surface area contributed by atoms with Crippen molar-refractivity contribution in [3.8, 4) is 5.75 Å². The molecule has 0 amide bonds. The van der Waals surface area contributed by atoms with Crippen LogP contribution in [-0.4, -0.2) is 41.9 Å². The van der Waals surface area contributed by atoms with Crippen molar-refractivity contribution in [1.29, 1.82) is 0 Å². The zero-order valence-corrected chi connectivity index (χ0v) is 13.6. The number of fused-ring (bicyclic) bond motifs is 2. The summed E-state index contributed by atoms with van der Waals surface area (Å²) in [6, 6.07) is 3.61. The highest BCUT2D eigenvalue weighted by Gasteiger charge is 2.35. The fourth-order valence-electron chi connectivity index (χ4n) is 4.10. The third-order valence-electron chi connectivity index (χ3n) is 5.20. The minimum atomic E-state index is -0.346. The lowest BCUT2D eigenvalue weighted by molar-refractivity contribution is -0.385. The normalized spacial score (nSPS) is 27.0. The minimum Gasteiger partial charge on any atom is -0.467 e. The predicted molar refractivity (Wildman–Crippen MR) is 85.8 cm³/mol. The molecule has 0 unspecified atom stereocenters. The van der Waals surface area contributed by atoms with E-state index in [1.54, 1.807) is 12.1 Å². The molecule has 1 aromatic carbocycles. The van der Waals surface area contributed by atoms with Gasteiger partial charge in [-0.3, -0.25) is 15.0 Å². The summed E-state index contributed by atoms with van der Waals surface area (Å²) in [4.78, 5) is 13.3. The minimum absolute atomic E-state index is 0.103. The van der Waals surface area contributed by atoms with E-state index < -0.39 is 0 Å². The predicted octanol–water partition coefficient (Wildman–Crippen LogP) is 2.60. The van der Waals surface area contributed by atoms with Crippen molar-refractivity contribution in [1.82, 2.24) is 4.90 Å². The lowest BCUT2D eigenvalue weighted by Crippen LogP contribution is -2.52. The average Bonchev–Trinajstić information content (AvgIpc) is 2.62. The second-order valence-corrected chi connectivity index (χ2v) is 6.69. The quantitative estimate of drug-likeness (QED) is 0.625. The third-order valence-corrected chi connectivity index (χ3v) is 5.20. The summed E-state index contributed by atoms with van der Waals surface area (Å²) in [7, 11) is 0. The van der Waals surface area contributed by atoms with Crippen molar-refractivity contribution in [3.63, 3.8) is 0 Å². The lowest BCUT2D eigenvalue weighted by Gasteiger charge is -2.44. The summed E-state index contributed by atoms with van der Waals surface area (Å²) in [5.41, 5.74) is 1.75. The molecule has 2 atom stereocenters. The summed E-state index contributed by atoms with van der Waals surface area (Å²) < 4.78 is 16.9. The van der Waals surface area contributed by atoms with Crippen molar-refractivity contribution >= 4 is 5.69 Å². The molecule has 1 saturated carbocycles. The molecule has 1 saturated heterocycles. The Morgan fingerprint density at radius 1 is 1.29 bits per heavy atom. The van der Waals surface area contributed by atoms with E-state index in [0.717, 1.165) is 42.9 Å². The number of morpholine rings is 1. The number of non-ortho nitro benzene ring substituents is 1. The largest absolute Gasteiger partial charge is 0.467 e. The van der Waals surface area contributed by atoms with Crippen molar-refractivity contribution in [3.05, 3.63) is 33.4 Å². The SMILES string of the molecule is O=[N+]([O-])c1cc2c(c(CN3CCO[C@H]4CCCC[C@@H]43)c1)OCOC2. The number of rotatable bonds is 3. The molecule has 0 bridgehead atoms. The molecule has 2 aliphatic heterocycles. The molecule has 130 valence electrons. The Bertz CT molecular complexity index is 634. The number of ether oxygens (including phenoxy) is 3. The fourth-order valence-corrected chi connectivity index (χ4v) is 4.10. The monoisotopic (exact) mass is 334 g/mol. The molecule has 7 nitrogen and oxygen atoms in total. The summed E-state index contributed by atoms with van der Waals surface area (Å²) in [6.07, 6.45) is 4.98. The molecule has 24 heavy (non-hydrogen) atoms. The zero-order chi connectivity index (χ0) is 16.5. The van der Waals surface area contributed by atoms with Gasteiger partial charge in [-0.2, -0.15) is 0 Å². The Balaban J connectivity index is 1.63. The molecule has 0 aromatic heterocycles. The molecule has 7 heteroatoms. The van der Waals surface area contributed by atoms with Crippen molar-refractivity contribution in [2.45, 2.75) is 51.0 Å². The van der Waals surface area contributed by atoms with Crippen molar-refractivity contribution in [2.75, 3.05) is 19.9 Å². The van der Waals surface area contributed by atoms with E-state index in [1.807, 2.05) is 0 Å². The number of hydrogen-bond donors (Lipinski definition) is 0. The third kappa shape index (κ3) is 2.99. The standard InChI is InChI=1S/C17H22N2O5/c20-19(21)14-7-12(17-13(8-14)10-22-11-24-17)9-18-5-6-23-16-4-2-1-3-15(16)18/h7-8,15-16H,1-6,9-11H2/t15-,16-/m0/s1. The van der Waals surface area contributed by atoms with Gasteiger partial charge in [0.1, 0.15) is 5.75 Å². The van der Waals surface area contributed by atoms with Crippen LogP contribution < -0.4 is 4.74 Å². The van der Waals surface area contributed by atoms with E-state index in [-0.39, 0.29) is 17.4 Å². The number of hydrogen-bond acceptors (Lipinski definition) is 6. The molecular weight excluding hydrogens is 312 g/mol. The van der Waals surface area contributed by atoms with Gasteiger partial charge in [0, 0.05) is 42.4 Å². The summed E-state index contributed by atoms with van der Waals surface area (Å²) in [5, 5.41) is 11.2. The molecule has 0 N–H and O–H groups in total. The van der Waals surface area contributed by atoms with Gasteiger partial charge in [-0.1, -0.05) is 12.8 Å². The molecule has 2 heterocycles. The first-order valence-corrected chi connectivity index (χ1v) is 8.59. The van der Waals surface area contributed by atoms with Gasteiger partial charge in [-0.05, 0) is 12.8 Å². The van der Waals surface area contributed by atoms with E-state index in [1.165, 1.54) is 12.8 Å². The molecule has 1 aromatic rings. The smallest absolute Gasteiger partial charge is 0.270 e. The lowest BCUT2D eigenvalue weighted by atomic mass is 9.89. The van der Waals surface area contributed by atoms with Gasteiger partial charge >= 0.3 is 0 Å². The Hall–Kier alpha value is -1.70. The van der Waals surface area contributed by atoms with Crippen LogP contribution in [0.5, 0.6) is 5.75 Å².